The molecule has 0 heterocycles. The molecule has 0 aromatic carbocycles. The van der Waals surface area contributed by atoms with Gasteiger partial charge in [-0.25, -0.2) is 0 Å². The van der Waals surface area contributed by atoms with Gasteiger partial charge in [-0.1, -0.05) is 11.6 Å². The second-order valence-corrected chi connectivity index (χ2v) is 3.78. The molecule has 90 valence electrons. The van der Waals surface area contributed by atoms with Crippen molar-refractivity contribution in [1.29, 1.82) is 0 Å². The normalized spacial score (nSPS) is 18.9. The van der Waals surface area contributed by atoms with Crippen LogP contribution < -0.4 is 0 Å². The van der Waals surface area contributed by atoms with Gasteiger partial charge < -0.3 is 0 Å². The Kier molecular flexibility index (Phi) is 5.08. The second-order valence-electron chi connectivity index (χ2n) is 2.40. The summed E-state index contributed by atoms with van der Waals surface area (Å²) in [5.41, 5.74) is 0. The van der Waals surface area contributed by atoms with Gasteiger partial charge in [0.05, 0.1) is 5.38 Å². The van der Waals surface area contributed by atoms with Crippen molar-refractivity contribution in [2.75, 3.05) is 0 Å². The van der Waals surface area contributed by atoms with Crippen LogP contribution in [0.25, 0.3) is 0 Å². The van der Waals surface area contributed by atoms with E-state index in [1.165, 1.54) is 0 Å². The van der Waals surface area contributed by atoms with Gasteiger partial charge in [0.1, 0.15) is 10.4 Å². The Morgan fingerprint density at radius 3 is 1.67 bits per heavy atom. The Hall–Kier alpha value is 0.190. The molecule has 0 aliphatic heterocycles. The molecule has 9 heteroatoms. The van der Waals surface area contributed by atoms with Crippen LogP contribution in [-0.4, -0.2) is 23.1 Å². The van der Waals surface area contributed by atoms with Crippen molar-refractivity contribution in [2.24, 2.45) is 0 Å². The molecule has 2 atom stereocenters. The Balaban J connectivity index is 4.69. The molecule has 0 saturated carbocycles. The van der Waals surface area contributed by atoms with Gasteiger partial charge in [0, 0.05) is 0 Å². The van der Waals surface area contributed by atoms with E-state index >= 15 is 0 Å². The highest BCUT2D eigenvalue weighted by atomic mass is 35.5. The van der Waals surface area contributed by atoms with Gasteiger partial charge >= 0.3 is 12.4 Å². The zero-order valence-electron chi connectivity index (χ0n) is 6.63. The van der Waals surface area contributed by atoms with Crippen molar-refractivity contribution in [2.45, 2.75) is 23.1 Å². The highest BCUT2D eigenvalue weighted by Gasteiger charge is 2.43. The molecule has 0 N–H and O–H groups in total. The van der Waals surface area contributed by atoms with Gasteiger partial charge in [0.2, 0.25) is 0 Å². The highest BCUT2D eigenvalue weighted by molar-refractivity contribution is 6.34. The molecule has 0 spiro atoms. The van der Waals surface area contributed by atoms with E-state index in [1.807, 2.05) is 0 Å². The molecule has 0 nitrogen and oxygen atoms in total. The third-order valence-corrected chi connectivity index (χ3v) is 2.53. The highest BCUT2D eigenvalue weighted by Crippen LogP contribution is 2.34. The maximum Gasteiger partial charge on any atom is 0.426 e. The Labute approximate surface area is 95.8 Å². The van der Waals surface area contributed by atoms with Crippen LogP contribution in [0.5, 0.6) is 0 Å². The van der Waals surface area contributed by atoms with E-state index < -0.39 is 28.1 Å². The fourth-order valence-electron chi connectivity index (χ4n) is 0.499. The van der Waals surface area contributed by atoms with Crippen molar-refractivity contribution in [3.63, 3.8) is 0 Å². The summed E-state index contributed by atoms with van der Waals surface area (Å²) in [6, 6.07) is 0. The van der Waals surface area contributed by atoms with Gasteiger partial charge in [0.25, 0.3) is 0 Å². The Morgan fingerprint density at radius 2 is 1.40 bits per heavy atom. The average molecular weight is 295 g/mol. The third-order valence-electron chi connectivity index (χ3n) is 1.17. The molecule has 15 heavy (non-hydrogen) atoms. The summed E-state index contributed by atoms with van der Waals surface area (Å²) >= 11 is 14.4. The molecule has 0 radical (unpaired) electrons. The maximum absolute atomic E-state index is 11.9. The van der Waals surface area contributed by atoms with E-state index in [0.29, 0.717) is 0 Å². The number of alkyl halides is 8. The summed E-state index contributed by atoms with van der Waals surface area (Å²) in [7, 11) is 0. The van der Waals surface area contributed by atoms with Gasteiger partial charge in [-0.2, -0.15) is 26.3 Å². The lowest BCUT2D eigenvalue weighted by Crippen LogP contribution is -2.31. The molecule has 0 fully saturated rings. The van der Waals surface area contributed by atoms with Crippen LogP contribution >= 0.6 is 34.8 Å². The van der Waals surface area contributed by atoms with Crippen LogP contribution in [0, 0.1) is 0 Å². The maximum atomic E-state index is 11.9. The first kappa shape index (κ1) is 15.2. The van der Waals surface area contributed by atoms with Gasteiger partial charge in [-0.05, 0) is 6.08 Å². The first-order valence-electron chi connectivity index (χ1n) is 3.25. The summed E-state index contributed by atoms with van der Waals surface area (Å²) < 4.78 is 71.0. The standard InChI is InChI=1S/C6H3Cl3F6/c7-2(4(9)6(13,14)15)1-3(8)5(10,11)12/h1-2,4H. The molecule has 2 unspecified atom stereocenters. The Morgan fingerprint density at radius 1 is 1.00 bits per heavy atom. The summed E-state index contributed by atoms with van der Waals surface area (Å²) in [6.07, 6.45) is -9.82. The number of halogens is 9. The lowest BCUT2D eigenvalue weighted by molar-refractivity contribution is -0.129. The van der Waals surface area contributed by atoms with E-state index in [9.17, 15) is 26.3 Å². The van der Waals surface area contributed by atoms with Crippen LogP contribution in [0.2, 0.25) is 0 Å². The van der Waals surface area contributed by atoms with Gasteiger partial charge in [-0.3, -0.25) is 0 Å². The topological polar surface area (TPSA) is 0 Å². The predicted molar refractivity (Wildman–Crippen MR) is 45.3 cm³/mol. The molecular weight excluding hydrogens is 292 g/mol. The smallest absolute Gasteiger partial charge is 0.169 e. The Bertz CT molecular complexity index is 242. The van der Waals surface area contributed by atoms with Gasteiger partial charge in [0.15, 0.2) is 0 Å². The summed E-state index contributed by atoms with van der Waals surface area (Å²) in [6.45, 7) is 0. The van der Waals surface area contributed by atoms with E-state index in [2.05, 4.69) is 11.6 Å². The lowest BCUT2D eigenvalue weighted by atomic mass is 10.2. The van der Waals surface area contributed by atoms with Crippen LogP contribution in [0.1, 0.15) is 0 Å². The van der Waals surface area contributed by atoms with E-state index in [4.69, 9.17) is 23.2 Å². The first-order valence-corrected chi connectivity index (χ1v) is 4.50. The zero-order valence-corrected chi connectivity index (χ0v) is 8.90. The predicted octanol–water partition coefficient (Wildman–Crippen LogP) is 4.45. The monoisotopic (exact) mass is 294 g/mol. The van der Waals surface area contributed by atoms with Gasteiger partial charge in [-0.15, -0.1) is 23.2 Å². The SMILES string of the molecule is FC(F)(F)C(Cl)=CC(Cl)C(Cl)C(F)(F)F. The van der Waals surface area contributed by atoms with Crippen molar-refractivity contribution < 1.29 is 26.3 Å². The quantitative estimate of drug-likeness (QED) is 0.521. The minimum absolute atomic E-state index is 0.00820. The molecule has 0 bridgehead atoms. The summed E-state index contributed by atoms with van der Waals surface area (Å²) in [4.78, 5) is 0. The van der Waals surface area contributed by atoms with Crippen molar-refractivity contribution in [1.82, 2.24) is 0 Å². The summed E-state index contributed by atoms with van der Waals surface area (Å²) in [5.74, 6) is 0. The zero-order chi connectivity index (χ0) is 12.4. The second kappa shape index (κ2) is 5.01. The molecule has 0 amide bonds. The molecule has 0 aromatic rings. The molecular formula is C6H3Cl3F6. The molecule has 0 aliphatic carbocycles. The molecule has 0 aromatic heterocycles. The van der Waals surface area contributed by atoms with E-state index in [1.54, 1.807) is 0 Å². The fourth-order valence-corrected chi connectivity index (χ4v) is 1.04. The third kappa shape index (κ3) is 5.17. The number of hydrogen-bond donors (Lipinski definition) is 0. The molecule has 0 rings (SSSR count). The first-order chi connectivity index (χ1) is 6.46. The minimum Gasteiger partial charge on any atom is -0.169 e. The number of allylic oxidation sites excluding steroid dienone is 2. The van der Waals surface area contributed by atoms with E-state index in [-0.39, 0.29) is 6.08 Å². The van der Waals surface area contributed by atoms with E-state index in [0.717, 1.165) is 0 Å². The minimum atomic E-state index is -4.93. The van der Waals surface area contributed by atoms with Crippen LogP contribution in [0.4, 0.5) is 26.3 Å². The fraction of sp³-hybridized carbons (Fsp3) is 0.667. The number of hydrogen-bond acceptors (Lipinski definition) is 0. The van der Waals surface area contributed by atoms with Crippen LogP contribution in [-0.2, 0) is 0 Å². The lowest BCUT2D eigenvalue weighted by Gasteiger charge is -2.17. The van der Waals surface area contributed by atoms with Crippen molar-refractivity contribution in [3.05, 3.63) is 11.1 Å². The number of rotatable bonds is 2. The molecule has 0 saturated heterocycles. The summed E-state index contributed by atoms with van der Waals surface area (Å²) in [5, 5.41) is -6.45. The molecule has 0 aliphatic rings. The average Bonchev–Trinajstić information content (AvgIpc) is 1.99. The van der Waals surface area contributed by atoms with Crippen LogP contribution in [0.15, 0.2) is 11.1 Å². The van der Waals surface area contributed by atoms with Crippen molar-refractivity contribution >= 4 is 34.8 Å². The largest absolute Gasteiger partial charge is 0.426 e. The van der Waals surface area contributed by atoms with Crippen LogP contribution in [0.3, 0.4) is 0 Å². The van der Waals surface area contributed by atoms with Crippen molar-refractivity contribution in [3.8, 4) is 0 Å².